The zero-order chi connectivity index (χ0) is 16.1. The predicted octanol–water partition coefficient (Wildman–Crippen LogP) is 2.36. The molecule has 120 valence electrons. The van der Waals surface area contributed by atoms with Gasteiger partial charge in [-0.25, -0.2) is 0 Å². The predicted molar refractivity (Wildman–Crippen MR) is 85.0 cm³/mol. The third kappa shape index (κ3) is 4.04. The fraction of sp³-hybridized carbons (Fsp3) is 0.562. The fourth-order valence-corrected chi connectivity index (χ4v) is 2.90. The minimum Gasteiger partial charge on any atom is -0.352 e. The molecule has 1 aromatic rings. The molecule has 1 aromatic carbocycles. The number of likely N-dealkylation sites (tertiary alicyclic amines) is 1. The van der Waals surface area contributed by atoms with Crippen molar-refractivity contribution in [3.8, 4) is 0 Å². The van der Waals surface area contributed by atoms with E-state index in [4.69, 9.17) is 0 Å². The molecule has 0 radical (unpaired) electrons. The maximum Gasteiger partial charge on any atom is 0.273 e. The summed E-state index contributed by atoms with van der Waals surface area (Å²) in [5, 5.41) is 13.8. The van der Waals surface area contributed by atoms with Crippen molar-refractivity contribution in [1.82, 2.24) is 10.2 Å². The van der Waals surface area contributed by atoms with Gasteiger partial charge in [0.1, 0.15) is 0 Å². The van der Waals surface area contributed by atoms with Crippen molar-refractivity contribution in [2.45, 2.75) is 26.2 Å². The van der Waals surface area contributed by atoms with Gasteiger partial charge in [0.25, 0.3) is 11.6 Å². The van der Waals surface area contributed by atoms with Crippen LogP contribution in [0.2, 0.25) is 0 Å². The van der Waals surface area contributed by atoms with Crippen LogP contribution in [0.3, 0.4) is 0 Å². The lowest BCUT2D eigenvalue weighted by atomic mass is 9.94. The first kappa shape index (κ1) is 16.4. The number of hydrogen-bond donors (Lipinski definition) is 1. The first-order valence-corrected chi connectivity index (χ1v) is 7.69. The van der Waals surface area contributed by atoms with E-state index < -0.39 is 4.92 Å². The van der Waals surface area contributed by atoms with Gasteiger partial charge in [0.15, 0.2) is 0 Å². The van der Waals surface area contributed by atoms with Crippen LogP contribution < -0.4 is 5.32 Å². The number of nitro groups is 1. The Hall–Kier alpha value is -1.95. The maximum absolute atomic E-state index is 12.2. The van der Waals surface area contributed by atoms with Crippen molar-refractivity contribution in [1.29, 1.82) is 0 Å². The van der Waals surface area contributed by atoms with Crippen LogP contribution in [0.4, 0.5) is 5.69 Å². The summed E-state index contributed by atoms with van der Waals surface area (Å²) in [5.74, 6) is 0.428. The number of rotatable bonds is 5. The molecule has 0 unspecified atom stereocenters. The van der Waals surface area contributed by atoms with E-state index >= 15 is 0 Å². The van der Waals surface area contributed by atoms with Crippen LogP contribution in [0.25, 0.3) is 0 Å². The molecule has 1 fully saturated rings. The zero-order valence-electron chi connectivity index (χ0n) is 13.2. The van der Waals surface area contributed by atoms with Crippen LogP contribution in [0, 0.1) is 23.0 Å². The molecule has 22 heavy (non-hydrogen) atoms. The van der Waals surface area contributed by atoms with Crippen LogP contribution in [0.5, 0.6) is 0 Å². The van der Waals surface area contributed by atoms with Crippen molar-refractivity contribution in [2.75, 3.05) is 26.7 Å². The summed E-state index contributed by atoms with van der Waals surface area (Å²) >= 11 is 0. The lowest BCUT2D eigenvalue weighted by Gasteiger charge is -2.28. The molecule has 1 aliphatic rings. The molecule has 0 aromatic heterocycles. The fourth-order valence-electron chi connectivity index (χ4n) is 2.90. The molecule has 1 heterocycles. The topological polar surface area (TPSA) is 75.5 Å². The van der Waals surface area contributed by atoms with Crippen LogP contribution in [-0.4, -0.2) is 42.4 Å². The van der Waals surface area contributed by atoms with E-state index in [1.54, 1.807) is 19.1 Å². The number of nitrogens with zero attached hydrogens (tertiary/aromatic N) is 2. The Bertz CT molecular complexity index is 552. The van der Waals surface area contributed by atoms with E-state index in [0.29, 0.717) is 23.6 Å². The van der Waals surface area contributed by atoms with Gasteiger partial charge >= 0.3 is 0 Å². The van der Waals surface area contributed by atoms with E-state index in [1.165, 1.54) is 18.9 Å². The van der Waals surface area contributed by atoms with Crippen molar-refractivity contribution in [3.63, 3.8) is 0 Å². The Balaban J connectivity index is 1.87. The Morgan fingerprint density at radius 3 is 2.73 bits per heavy atom. The Morgan fingerprint density at radius 1 is 1.41 bits per heavy atom. The van der Waals surface area contributed by atoms with Gasteiger partial charge in [0.2, 0.25) is 0 Å². The summed E-state index contributed by atoms with van der Waals surface area (Å²) in [6.07, 6.45) is 3.30. The number of carbonyl (C=O) groups excluding carboxylic acids is 1. The average molecular weight is 305 g/mol. The number of hydrogen-bond acceptors (Lipinski definition) is 4. The minimum absolute atomic E-state index is 0.0111. The summed E-state index contributed by atoms with van der Waals surface area (Å²) in [6, 6.07) is 4.61. The van der Waals surface area contributed by atoms with Gasteiger partial charge in [0.05, 0.1) is 4.92 Å². The molecule has 0 atom stereocenters. The Kier molecular flexibility index (Phi) is 5.49. The monoisotopic (exact) mass is 305 g/mol. The smallest absolute Gasteiger partial charge is 0.273 e. The summed E-state index contributed by atoms with van der Waals surface area (Å²) in [6.45, 7) is 4.46. The number of nitrogens with one attached hydrogen (secondary N) is 1. The largest absolute Gasteiger partial charge is 0.352 e. The number of nitro benzene ring substituents is 1. The second-order valence-corrected chi connectivity index (χ2v) is 6.00. The average Bonchev–Trinajstić information content (AvgIpc) is 2.49. The highest BCUT2D eigenvalue weighted by molar-refractivity contribution is 5.96. The molecule has 1 saturated heterocycles. The Morgan fingerprint density at radius 2 is 2.09 bits per heavy atom. The van der Waals surface area contributed by atoms with Crippen LogP contribution in [-0.2, 0) is 0 Å². The van der Waals surface area contributed by atoms with Gasteiger partial charge in [0, 0.05) is 23.7 Å². The standard InChI is InChI=1S/C16H23N3O3/c1-12-14(4-3-5-15(12)19(21)22)16(20)17-9-6-13-7-10-18(2)11-8-13/h3-5,13H,6-11H2,1-2H3,(H,17,20). The van der Waals surface area contributed by atoms with Gasteiger partial charge < -0.3 is 10.2 Å². The van der Waals surface area contributed by atoms with Crippen LogP contribution in [0.1, 0.15) is 35.2 Å². The van der Waals surface area contributed by atoms with E-state index in [-0.39, 0.29) is 11.6 Å². The SMILES string of the molecule is Cc1c(C(=O)NCCC2CCN(C)CC2)cccc1[N+](=O)[O-]. The van der Waals surface area contributed by atoms with Gasteiger partial charge in [-0.1, -0.05) is 6.07 Å². The summed E-state index contributed by atoms with van der Waals surface area (Å²) in [4.78, 5) is 25.0. The lowest BCUT2D eigenvalue weighted by molar-refractivity contribution is -0.385. The zero-order valence-corrected chi connectivity index (χ0v) is 13.2. The third-order valence-electron chi connectivity index (χ3n) is 4.42. The molecular weight excluding hydrogens is 282 g/mol. The molecule has 1 N–H and O–H groups in total. The quantitative estimate of drug-likeness (QED) is 0.669. The highest BCUT2D eigenvalue weighted by Crippen LogP contribution is 2.21. The van der Waals surface area contributed by atoms with E-state index in [2.05, 4.69) is 17.3 Å². The van der Waals surface area contributed by atoms with Gasteiger partial charge in [-0.15, -0.1) is 0 Å². The first-order chi connectivity index (χ1) is 10.5. The van der Waals surface area contributed by atoms with Crippen molar-refractivity contribution >= 4 is 11.6 Å². The van der Waals surface area contributed by atoms with Crippen LogP contribution >= 0.6 is 0 Å². The summed E-state index contributed by atoms with van der Waals surface area (Å²) in [7, 11) is 2.13. The molecule has 6 nitrogen and oxygen atoms in total. The second kappa shape index (κ2) is 7.35. The molecule has 0 aliphatic carbocycles. The molecular formula is C16H23N3O3. The van der Waals surface area contributed by atoms with Gasteiger partial charge in [-0.3, -0.25) is 14.9 Å². The molecule has 1 amide bonds. The summed E-state index contributed by atoms with van der Waals surface area (Å²) < 4.78 is 0. The number of benzene rings is 1. The lowest BCUT2D eigenvalue weighted by Crippen LogP contribution is -2.32. The molecule has 6 heteroatoms. The highest BCUT2D eigenvalue weighted by atomic mass is 16.6. The number of amides is 1. The van der Waals surface area contributed by atoms with Gasteiger partial charge in [-0.2, -0.15) is 0 Å². The minimum atomic E-state index is -0.454. The van der Waals surface area contributed by atoms with Crippen LogP contribution in [0.15, 0.2) is 18.2 Å². The third-order valence-corrected chi connectivity index (χ3v) is 4.42. The Labute approximate surface area is 130 Å². The van der Waals surface area contributed by atoms with E-state index in [1.807, 2.05) is 0 Å². The highest BCUT2D eigenvalue weighted by Gasteiger charge is 2.19. The molecule has 0 spiro atoms. The molecule has 0 bridgehead atoms. The molecule has 2 rings (SSSR count). The maximum atomic E-state index is 12.2. The summed E-state index contributed by atoms with van der Waals surface area (Å²) in [5.41, 5.74) is 0.796. The number of carbonyl (C=O) groups is 1. The normalized spacial score (nSPS) is 16.5. The van der Waals surface area contributed by atoms with Crippen molar-refractivity contribution < 1.29 is 9.72 Å². The van der Waals surface area contributed by atoms with Crippen molar-refractivity contribution in [2.24, 2.45) is 5.92 Å². The molecule has 1 aliphatic heterocycles. The second-order valence-electron chi connectivity index (χ2n) is 6.00. The van der Waals surface area contributed by atoms with Gasteiger partial charge in [-0.05, 0) is 58.3 Å². The first-order valence-electron chi connectivity index (χ1n) is 7.69. The van der Waals surface area contributed by atoms with E-state index in [9.17, 15) is 14.9 Å². The van der Waals surface area contributed by atoms with E-state index in [0.717, 1.165) is 19.5 Å². The molecule has 0 saturated carbocycles. The van der Waals surface area contributed by atoms with Crippen molar-refractivity contribution in [3.05, 3.63) is 39.4 Å². The number of piperidine rings is 1.